The van der Waals surface area contributed by atoms with Gasteiger partial charge in [0.15, 0.2) is 0 Å². The second-order valence-corrected chi connectivity index (χ2v) is 6.67. The van der Waals surface area contributed by atoms with Crippen molar-refractivity contribution in [2.45, 2.75) is 26.8 Å². The van der Waals surface area contributed by atoms with E-state index >= 15 is 0 Å². The van der Waals surface area contributed by atoms with Crippen LogP contribution in [-0.2, 0) is 7.05 Å². The molecule has 2 aromatic heterocycles. The number of rotatable bonds is 3. The number of nitrogens with one attached hydrogen (secondary N) is 1. The van der Waals surface area contributed by atoms with Crippen LogP contribution in [-0.4, -0.2) is 15.7 Å². The van der Waals surface area contributed by atoms with Gasteiger partial charge in [0.1, 0.15) is 4.83 Å². The maximum absolute atomic E-state index is 12.5. The highest BCUT2D eigenvalue weighted by Crippen LogP contribution is 2.28. The molecular weight excluding hydrogens is 294 g/mol. The Balaban J connectivity index is 1.80. The van der Waals surface area contributed by atoms with Gasteiger partial charge in [-0.25, -0.2) is 0 Å². The lowest BCUT2D eigenvalue weighted by atomic mass is 10.1. The van der Waals surface area contributed by atoms with E-state index in [1.807, 2.05) is 31.6 Å². The minimum absolute atomic E-state index is 0.0162. The number of aryl methyl sites for hydroxylation is 3. The smallest absolute Gasteiger partial charge is 0.261 e. The predicted molar refractivity (Wildman–Crippen MR) is 90.4 cm³/mol. The molecule has 0 spiro atoms. The molecule has 1 unspecified atom stereocenters. The molecule has 0 bridgehead atoms. The van der Waals surface area contributed by atoms with Crippen LogP contribution in [0.15, 0.2) is 30.3 Å². The fourth-order valence-electron chi connectivity index (χ4n) is 2.52. The number of thiophene rings is 1. The molecule has 114 valence electrons. The average molecular weight is 313 g/mol. The van der Waals surface area contributed by atoms with Crippen molar-refractivity contribution in [1.82, 2.24) is 15.1 Å². The minimum Gasteiger partial charge on any atom is -0.345 e. The summed E-state index contributed by atoms with van der Waals surface area (Å²) in [7, 11) is 1.91. The second kappa shape index (κ2) is 5.57. The molecule has 1 aromatic carbocycles. The zero-order chi connectivity index (χ0) is 15.9. The summed E-state index contributed by atoms with van der Waals surface area (Å²) in [6.45, 7) is 6.02. The van der Waals surface area contributed by atoms with Gasteiger partial charge in [-0.05, 0) is 32.4 Å². The van der Waals surface area contributed by atoms with Crippen molar-refractivity contribution in [2.75, 3.05) is 0 Å². The van der Waals surface area contributed by atoms with Crippen molar-refractivity contribution in [3.8, 4) is 0 Å². The fourth-order valence-corrected chi connectivity index (χ4v) is 3.55. The monoisotopic (exact) mass is 313 g/mol. The molecule has 3 rings (SSSR count). The molecule has 1 amide bonds. The highest BCUT2D eigenvalue weighted by atomic mass is 32.1. The number of carbonyl (C=O) groups is 1. The van der Waals surface area contributed by atoms with Crippen LogP contribution in [0, 0.1) is 13.8 Å². The summed E-state index contributed by atoms with van der Waals surface area (Å²) in [6.07, 6.45) is 0. The van der Waals surface area contributed by atoms with Crippen molar-refractivity contribution in [3.63, 3.8) is 0 Å². The zero-order valence-corrected chi connectivity index (χ0v) is 14.0. The molecule has 22 heavy (non-hydrogen) atoms. The summed E-state index contributed by atoms with van der Waals surface area (Å²) in [5, 5.41) is 8.48. The number of benzene rings is 1. The van der Waals surface area contributed by atoms with Crippen LogP contribution in [0.3, 0.4) is 0 Å². The Morgan fingerprint density at radius 2 is 1.95 bits per heavy atom. The van der Waals surface area contributed by atoms with Gasteiger partial charge in [-0.1, -0.05) is 29.8 Å². The van der Waals surface area contributed by atoms with E-state index in [0.29, 0.717) is 0 Å². The summed E-state index contributed by atoms with van der Waals surface area (Å²) in [6, 6.07) is 10.1. The van der Waals surface area contributed by atoms with Gasteiger partial charge < -0.3 is 5.32 Å². The standard InChI is InChI=1S/C17H19N3OS/c1-10-5-7-13(8-6-10)11(2)18-16(21)15-9-14-12(3)19-20(4)17(14)22-15/h5-9,11H,1-4H3,(H,18,21). The van der Waals surface area contributed by atoms with Crippen molar-refractivity contribution >= 4 is 27.5 Å². The first-order valence-corrected chi connectivity index (χ1v) is 8.08. The number of carbonyl (C=O) groups excluding carboxylic acids is 1. The molecule has 0 aliphatic carbocycles. The van der Waals surface area contributed by atoms with Crippen LogP contribution >= 0.6 is 11.3 Å². The van der Waals surface area contributed by atoms with Crippen molar-refractivity contribution in [1.29, 1.82) is 0 Å². The summed E-state index contributed by atoms with van der Waals surface area (Å²) in [5.41, 5.74) is 3.28. The van der Waals surface area contributed by atoms with E-state index < -0.39 is 0 Å². The Bertz CT molecular complexity index is 795. The predicted octanol–water partition coefficient (Wildman–Crippen LogP) is 3.74. The van der Waals surface area contributed by atoms with Gasteiger partial charge in [-0.3, -0.25) is 9.48 Å². The molecular formula is C17H19N3OS. The first-order valence-electron chi connectivity index (χ1n) is 7.26. The van der Waals surface area contributed by atoms with E-state index in [1.165, 1.54) is 16.9 Å². The van der Waals surface area contributed by atoms with Gasteiger partial charge in [0, 0.05) is 12.4 Å². The lowest BCUT2D eigenvalue weighted by molar-refractivity contribution is 0.0944. The third kappa shape index (κ3) is 2.64. The van der Waals surface area contributed by atoms with Crippen molar-refractivity contribution < 1.29 is 4.79 Å². The maximum Gasteiger partial charge on any atom is 0.261 e. The number of nitrogens with zero attached hydrogens (tertiary/aromatic N) is 2. The molecule has 4 nitrogen and oxygen atoms in total. The SMILES string of the molecule is Cc1ccc(C(C)NC(=O)c2cc3c(C)nn(C)c3s2)cc1. The molecule has 0 aliphatic rings. The van der Waals surface area contributed by atoms with Crippen LogP contribution < -0.4 is 5.32 Å². The highest BCUT2D eigenvalue weighted by Gasteiger charge is 2.17. The Morgan fingerprint density at radius 1 is 1.27 bits per heavy atom. The molecule has 0 radical (unpaired) electrons. The first-order chi connectivity index (χ1) is 10.5. The molecule has 0 fully saturated rings. The molecule has 0 saturated carbocycles. The lowest BCUT2D eigenvalue weighted by Gasteiger charge is -2.13. The quantitative estimate of drug-likeness (QED) is 0.800. The normalized spacial score (nSPS) is 12.5. The van der Waals surface area contributed by atoms with E-state index in [9.17, 15) is 4.79 Å². The van der Waals surface area contributed by atoms with Crippen LogP contribution in [0.4, 0.5) is 0 Å². The first kappa shape index (κ1) is 14.8. The molecule has 0 aliphatic heterocycles. The van der Waals surface area contributed by atoms with Crippen molar-refractivity contribution in [3.05, 3.63) is 52.0 Å². The summed E-state index contributed by atoms with van der Waals surface area (Å²) < 4.78 is 1.83. The molecule has 3 aromatic rings. The van der Waals surface area contributed by atoms with Crippen LogP contribution in [0.25, 0.3) is 10.2 Å². The average Bonchev–Trinajstić information content (AvgIpc) is 3.02. The topological polar surface area (TPSA) is 46.9 Å². The van der Waals surface area contributed by atoms with Crippen molar-refractivity contribution in [2.24, 2.45) is 7.05 Å². The number of fused-ring (bicyclic) bond motifs is 1. The van der Waals surface area contributed by atoms with Gasteiger partial charge in [0.2, 0.25) is 0 Å². The van der Waals surface area contributed by atoms with E-state index in [2.05, 4.69) is 41.6 Å². The van der Waals surface area contributed by atoms with E-state index in [-0.39, 0.29) is 11.9 Å². The Kier molecular flexibility index (Phi) is 3.74. The second-order valence-electron chi connectivity index (χ2n) is 5.64. The maximum atomic E-state index is 12.5. The number of aromatic nitrogens is 2. The molecule has 5 heteroatoms. The van der Waals surface area contributed by atoms with Gasteiger partial charge in [-0.2, -0.15) is 5.10 Å². The van der Waals surface area contributed by atoms with Gasteiger partial charge in [0.25, 0.3) is 5.91 Å². The van der Waals surface area contributed by atoms with Crippen LogP contribution in [0.5, 0.6) is 0 Å². The third-order valence-electron chi connectivity index (χ3n) is 3.84. The number of hydrogen-bond acceptors (Lipinski definition) is 3. The molecule has 2 heterocycles. The van der Waals surface area contributed by atoms with Crippen LogP contribution in [0.2, 0.25) is 0 Å². The minimum atomic E-state index is -0.0336. The summed E-state index contributed by atoms with van der Waals surface area (Å²) in [5.74, 6) is -0.0336. The molecule has 1 atom stereocenters. The Hall–Kier alpha value is -2.14. The number of amides is 1. The number of hydrogen-bond donors (Lipinski definition) is 1. The lowest BCUT2D eigenvalue weighted by Crippen LogP contribution is -2.25. The largest absolute Gasteiger partial charge is 0.345 e. The molecule has 1 N–H and O–H groups in total. The summed E-state index contributed by atoms with van der Waals surface area (Å²) in [4.78, 5) is 14.2. The Morgan fingerprint density at radius 3 is 2.59 bits per heavy atom. The third-order valence-corrected chi connectivity index (χ3v) is 5.05. The van der Waals surface area contributed by atoms with Gasteiger partial charge in [0.05, 0.1) is 16.6 Å². The van der Waals surface area contributed by atoms with E-state index in [1.54, 1.807) is 0 Å². The van der Waals surface area contributed by atoms with Gasteiger partial charge in [-0.15, -0.1) is 11.3 Å². The van der Waals surface area contributed by atoms with E-state index in [0.717, 1.165) is 26.4 Å². The fraction of sp³-hybridized carbons (Fsp3) is 0.294. The zero-order valence-electron chi connectivity index (χ0n) is 13.2. The van der Waals surface area contributed by atoms with E-state index in [4.69, 9.17) is 0 Å². The Labute approximate surface area is 133 Å². The van der Waals surface area contributed by atoms with Gasteiger partial charge >= 0.3 is 0 Å². The summed E-state index contributed by atoms with van der Waals surface area (Å²) >= 11 is 1.48. The van der Waals surface area contributed by atoms with Crippen LogP contribution in [0.1, 0.15) is 39.5 Å². The highest BCUT2D eigenvalue weighted by molar-refractivity contribution is 7.20. The molecule has 0 saturated heterocycles.